The molecule has 4 nitrogen and oxygen atoms in total. The zero-order valence-corrected chi connectivity index (χ0v) is 10.6. The lowest BCUT2D eigenvalue weighted by Gasteiger charge is -2.14. The van der Waals surface area contributed by atoms with Crippen LogP contribution in [-0.2, 0) is 6.42 Å². The van der Waals surface area contributed by atoms with Crippen molar-refractivity contribution >= 4 is 17.0 Å². The molecule has 0 unspecified atom stereocenters. The predicted molar refractivity (Wildman–Crippen MR) is 64.9 cm³/mol. The van der Waals surface area contributed by atoms with Gasteiger partial charge in [0.25, 0.3) is 0 Å². The van der Waals surface area contributed by atoms with E-state index >= 15 is 0 Å². The van der Waals surface area contributed by atoms with Crippen LogP contribution in [0.1, 0.15) is 11.1 Å². The molecule has 92 valence electrons. The molecule has 5 heteroatoms. The number of likely N-dealkylation sites (N-methyl/N-ethyl adjacent to an activating group) is 1. The van der Waals surface area contributed by atoms with Crippen LogP contribution in [-0.4, -0.2) is 30.7 Å². The topological polar surface area (TPSA) is 38.8 Å². The van der Waals surface area contributed by atoms with Crippen LogP contribution in [0.3, 0.4) is 0 Å². The van der Waals surface area contributed by atoms with Crippen molar-refractivity contribution in [1.82, 2.24) is 4.90 Å². The van der Waals surface area contributed by atoms with Crippen molar-refractivity contribution in [2.75, 3.05) is 20.4 Å². The SMILES string of the molecule is Cc1cc2c(cc1CCN(C)C(=O)Cl)OCO2. The summed E-state index contributed by atoms with van der Waals surface area (Å²) >= 11 is 5.37. The van der Waals surface area contributed by atoms with Gasteiger partial charge < -0.3 is 14.4 Å². The molecular formula is C12H14ClNO3. The van der Waals surface area contributed by atoms with Gasteiger partial charge >= 0.3 is 5.37 Å². The van der Waals surface area contributed by atoms with Crippen LogP contribution >= 0.6 is 11.6 Å². The van der Waals surface area contributed by atoms with Gasteiger partial charge in [-0.3, -0.25) is 4.79 Å². The van der Waals surface area contributed by atoms with E-state index in [1.165, 1.54) is 4.90 Å². The van der Waals surface area contributed by atoms with Gasteiger partial charge in [0.1, 0.15) is 0 Å². The second-order valence-corrected chi connectivity index (χ2v) is 4.38. The fourth-order valence-electron chi connectivity index (χ4n) is 1.73. The van der Waals surface area contributed by atoms with E-state index in [9.17, 15) is 4.79 Å². The van der Waals surface area contributed by atoms with E-state index < -0.39 is 5.37 Å². The molecule has 0 saturated heterocycles. The van der Waals surface area contributed by atoms with E-state index in [-0.39, 0.29) is 6.79 Å². The molecule has 1 aromatic rings. The van der Waals surface area contributed by atoms with E-state index in [0.29, 0.717) is 6.54 Å². The number of nitrogens with zero attached hydrogens (tertiary/aromatic N) is 1. The van der Waals surface area contributed by atoms with E-state index in [1.807, 2.05) is 19.1 Å². The maximum absolute atomic E-state index is 10.9. The minimum absolute atomic E-state index is 0.276. The van der Waals surface area contributed by atoms with Crippen molar-refractivity contribution in [2.24, 2.45) is 0 Å². The third-order valence-corrected chi connectivity index (χ3v) is 3.14. The van der Waals surface area contributed by atoms with Crippen molar-refractivity contribution < 1.29 is 14.3 Å². The highest BCUT2D eigenvalue weighted by molar-refractivity contribution is 6.62. The second kappa shape index (κ2) is 4.84. The minimum atomic E-state index is -0.441. The van der Waals surface area contributed by atoms with E-state index in [2.05, 4.69) is 0 Å². The molecule has 0 aromatic heterocycles. The first kappa shape index (κ1) is 12.0. The van der Waals surface area contributed by atoms with Crippen molar-refractivity contribution in [1.29, 1.82) is 0 Å². The zero-order chi connectivity index (χ0) is 12.4. The summed E-state index contributed by atoms with van der Waals surface area (Å²) in [6.07, 6.45) is 0.747. The zero-order valence-electron chi connectivity index (χ0n) is 9.83. The molecule has 1 aromatic carbocycles. The molecule has 0 saturated carbocycles. The molecule has 0 bridgehead atoms. The Bertz CT molecular complexity index is 448. The molecule has 0 spiro atoms. The lowest BCUT2D eigenvalue weighted by Crippen LogP contribution is -2.23. The van der Waals surface area contributed by atoms with Gasteiger partial charge in [0.2, 0.25) is 6.79 Å². The van der Waals surface area contributed by atoms with Gasteiger partial charge in [0.05, 0.1) is 0 Å². The van der Waals surface area contributed by atoms with Gasteiger partial charge in [-0.25, -0.2) is 0 Å². The molecule has 0 radical (unpaired) electrons. The Morgan fingerprint density at radius 1 is 1.41 bits per heavy atom. The van der Waals surface area contributed by atoms with Crippen LogP contribution in [0.4, 0.5) is 4.79 Å². The van der Waals surface area contributed by atoms with E-state index in [0.717, 1.165) is 29.0 Å². The normalized spacial score (nSPS) is 12.6. The summed E-state index contributed by atoms with van der Waals surface area (Å²) in [6.45, 7) is 2.88. The maximum atomic E-state index is 10.9. The van der Waals surface area contributed by atoms with Crippen LogP contribution in [0.5, 0.6) is 11.5 Å². The molecule has 1 heterocycles. The fourth-order valence-corrected chi connectivity index (χ4v) is 1.82. The monoisotopic (exact) mass is 255 g/mol. The number of amides is 1. The molecule has 1 amide bonds. The minimum Gasteiger partial charge on any atom is -0.454 e. The highest BCUT2D eigenvalue weighted by atomic mass is 35.5. The molecule has 1 aliphatic rings. The molecule has 2 rings (SSSR count). The summed E-state index contributed by atoms with van der Waals surface area (Å²) in [7, 11) is 1.68. The number of fused-ring (bicyclic) bond motifs is 1. The largest absolute Gasteiger partial charge is 0.454 e. The number of aryl methyl sites for hydroxylation is 1. The number of benzene rings is 1. The van der Waals surface area contributed by atoms with Crippen molar-refractivity contribution in [3.05, 3.63) is 23.3 Å². The first-order valence-electron chi connectivity index (χ1n) is 5.37. The molecule has 17 heavy (non-hydrogen) atoms. The fraction of sp³-hybridized carbons (Fsp3) is 0.417. The number of hydrogen-bond acceptors (Lipinski definition) is 3. The average molecular weight is 256 g/mol. The average Bonchev–Trinajstić information content (AvgIpc) is 2.72. The highest BCUT2D eigenvalue weighted by Crippen LogP contribution is 2.34. The summed E-state index contributed by atoms with van der Waals surface area (Å²) in [5.41, 5.74) is 2.27. The second-order valence-electron chi connectivity index (χ2n) is 4.06. The smallest absolute Gasteiger partial charge is 0.316 e. The standard InChI is InChI=1S/C12H14ClNO3/c1-8-5-10-11(17-7-16-10)6-9(8)3-4-14(2)12(13)15/h5-6H,3-4,7H2,1-2H3. The van der Waals surface area contributed by atoms with Gasteiger partial charge in [-0.1, -0.05) is 0 Å². The Balaban J connectivity index is 2.09. The Labute approximate surface area is 105 Å². The lowest BCUT2D eigenvalue weighted by molar-refractivity contribution is 0.174. The van der Waals surface area contributed by atoms with Crippen molar-refractivity contribution in [2.45, 2.75) is 13.3 Å². The first-order chi connectivity index (χ1) is 8.08. The van der Waals surface area contributed by atoms with Crippen molar-refractivity contribution in [3.63, 3.8) is 0 Å². The molecule has 0 fully saturated rings. The lowest BCUT2D eigenvalue weighted by atomic mass is 10.0. The predicted octanol–water partition coefficient (Wildman–Crippen LogP) is 2.56. The highest BCUT2D eigenvalue weighted by Gasteiger charge is 2.16. The quantitative estimate of drug-likeness (QED) is 0.616. The van der Waals surface area contributed by atoms with Gasteiger partial charge in [-0.15, -0.1) is 0 Å². The van der Waals surface area contributed by atoms with Gasteiger partial charge in [-0.05, 0) is 48.2 Å². The van der Waals surface area contributed by atoms with Gasteiger partial charge in [0, 0.05) is 13.6 Å². The van der Waals surface area contributed by atoms with Gasteiger partial charge in [0.15, 0.2) is 11.5 Å². The van der Waals surface area contributed by atoms with Crippen LogP contribution in [0.15, 0.2) is 12.1 Å². The first-order valence-corrected chi connectivity index (χ1v) is 5.75. The molecular weight excluding hydrogens is 242 g/mol. The summed E-state index contributed by atoms with van der Waals surface area (Å²) in [4.78, 5) is 12.4. The molecule has 1 aliphatic heterocycles. The summed E-state index contributed by atoms with van der Waals surface area (Å²) in [5.74, 6) is 1.55. The number of hydrogen-bond donors (Lipinski definition) is 0. The van der Waals surface area contributed by atoms with E-state index in [4.69, 9.17) is 21.1 Å². The van der Waals surface area contributed by atoms with E-state index in [1.54, 1.807) is 7.05 Å². The maximum Gasteiger partial charge on any atom is 0.316 e. The number of carbonyl (C=O) groups is 1. The summed E-state index contributed by atoms with van der Waals surface area (Å²) in [5, 5.41) is -0.441. The van der Waals surface area contributed by atoms with Gasteiger partial charge in [-0.2, -0.15) is 0 Å². The Hall–Kier alpha value is -1.42. The number of halogens is 1. The number of rotatable bonds is 3. The Kier molecular flexibility index (Phi) is 3.43. The molecule has 0 N–H and O–H groups in total. The third-order valence-electron chi connectivity index (χ3n) is 2.85. The third kappa shape index (κ3) is 2.64. The van der Waals surface area contributed by atoms with Crippen LogP contribution in [0.2, 0.25) is 0 Å². The Morgan fingerprint density at radius 3 is 2.71 bits per heavy atom. The number of carbonyl (C=O) groups excluding carboxylic acids is 1. The van der Waals surface area contributed by atoms with Crippen molar-refractivity contribution in [3.8, 4) is 11.5 Å². The summed E-state index contributed by atoms with van der Waals surface area (Å²) in [6, 6.07) is 3.92. The summed E-state index contributed by atoms with van der Waals surface area (Å²) < 4.78 is 10.6. The number of ether oxygens (including phenoxy) is 2. The van der Waals surface area contributed by atoms with Crippen LogP contribution in [0, 0.1) is 6.92 Å². The Morgan fingerprint density at radius 2 is 2.06 bits per heavy atom. The van der Waals surface area contributed by atoms with Crippen LogP contribution in [0.25, 0.3) is 0 Å². The van der Waals surface area contributed by atoms with Crippen LogP contribution < -0.4 is 9.47 Å². The molecule has 0 aliphatic carbocycles. The molecule has 0 atom stereocenters.